The summed E-state index contributed by atoms with van der Waals surface area (Å²) in [6.45, 7) is 0. The topological polar surface area (TPSA) is 26.3 Å². The Bertz CT molecular complexity index is 368. The van der Waals surface area contributed by atoms with Crippen LogP contribution in [-0.2, 0) is 0 Å². The largest absolute Gasteiger partial charge is 0.496 e. The number of ketones is 1. The Hall–Kier alpha value is -0.610. The average molecular weight is 282 g/mol. The lowest BCUT2D eigenvalue weighted by Gasteiger charge is -2.08. The van der Waals surface area contributed by atoms with Gasteiger partial charge >= 0.3 is 0 Å². The summed E-state index contributed by atoms with van der Waals surface area (Å²) in [5.41, 5.74) is 0.201. The number of benzene rings is 1. The summed E-state index contributed by atoms with van der Waals surface area (Å²) < 4.78 is 17.7. The monoisotopic (exact) mass is 280 g/mol. The van der Waals surface area contributed by atoms with Crippen LogP contribution in [0, 0.1) is 5.82 Å². The third-order valence-electron chi connectivity index (χ3n) is 1.64. The molecule has 0 aliphatic carbocycles. The summed E-state index contributed by atoms with van der Waals surface area (Å²) in [4.78, 5) is 11.4. The summed E-state index contributed by atoms with van der Waals surface area (Å²) in [6, 6.07) is 2.21. The fourth-order valence-corrected chi connectivity index (χ4v) is 1.63. The molecule has 5 heteroatoms. The second-order valence-corrected chi connectivity index (χ2v) is 3.49. The Kier molecular flexibility index (Phi) is 3.89. The van der Waals surface area contributed by atoms with Crippen LogP contribution in [0.2, 0.25) is 5.02 Å². The Labute approximate surface area is 94.1 Å². The van der Waals surface area contributed by atoms with Crippen LogP contribution in [0.25, 0.3) is 0 Å². The molecule has 76 valence electrons. The van der Waals surface area contributed by atoms with Gasteiger partial charge in [0.1, 0.15) is 11.6 Å². The molecule has 0 saturated heterocycles. The minimum absolute atomic E-state index is 0.0614. The van der Waals surface area contributed by atoms with E-state index in [2.05, 4.69) is 15.9 Å². The molecule has 1 aromatic rings. The summed E-state index contributed by atoms with van der Waals surface area (Å²) in [5, 5.41) is 0.181. The van der Waals surface area contributed by atoms with Gasteiger partial charge in [0.25, 0.3) is 0 Å². The van der Waals surface area contributed by atoms with E-state index in [4.69, 9.17) is 16.3 Å². The number of alkyl halides is 1. The number of carbonyl (C=O) groups is 1. The number of hydrogen-bond donors (Lipinski definition) is 0. The third-order valence-corrected chi connectivity index (χ3v) is 2.45. The quantitative estimate of drug-likeness (QED) is 0.629. The average Bonchev–Trinajstić information content (AvgIpc) is 2.15. The maximum Gasteiger partial charge on any atom is 0.178 e. The SMILES string of the molecule is COc1cc(F)cc(Cl)c1C(=O)CBr. The Morgan fingerprint density at radius 3 is 2.79 bits per heavy atom. The van der Waals surface area contributed by atoms with Crippen LogP contribution in [0.1, 0.15) is 10.4 Å². The van der Waals surface area contributed by atoms with E-state index in [1.165, 1.54) is 7.11 Å². The van der Waals surface area contributed by atoms with Gasteiger partial charge in [-0.2, -0.15) is 0 Å². The van der Waals surface area contributed by atoms with E-state index in [1.54, 1.807) is 0 Å². The van der Waals surface area contributed by atoms with Gasteiger partial charge in [-0.15, -0.1) is 0 Å². The lowest BCUT2D eigenvalue weighted by atomic mass is 10.1. The molecular weight excluding hydrogens is 274 g/mol. The molecule has 0 fully saturated rings. The van der Waals surface area contributed by atoms with Gasteiger partial charge in [-0.3, -0.25) is 4.79 Å². The molecule has 1 rings (SSSR count). The molecule has 14 heavy (non-hydrogen) atoms. The predicted octanol–water partition coefficient (Wildman–Crippen LogP) is 3.07. The molecule has 0 aliphatic heterocycles. The van der Waals surface area contributed by atoms with Gasteiger partial charge in [0.05, 0.1) is 23.0 Å². The number of ether oxygens (including phenoxy) is 1. The zero-order chi connectivity index (χ0) is 10.7. The predicted molar refractivity (Wildman–Crippen MR) is 56.1 cm³/mol. The molecule has 0 saturated carbocycles. The molecule has 0 heterocycles. The number of halogens is 3. The van der Waals surface area contributed by atoms with Crippen LogP contribution in [0.4, 0.5) is 4.39 Å². The van der Waals surface area contributed by atoms with Crippen molar-refractivity contribution in [1.82, 2.24) is 0 Å². The normalized spacial score (nSPS) is 10.0. The maximum atomic E-state index is 12.9. The van der Waals surface area contributed by atoms with Crippen LogP contribution in [0.3, 0.4) is 0 Å². The number of carbonyl (C=O) groups excluding carboxylic acids is 1. The van der Waals surface area contributed by atoms with Crippen molar-refractivity contribution in [3.63, 3.8) is 0 Å². The van der Waals surface area contributed by atoms with Gasteiger partial charge in [0.2, 0.25) is 0 Å². The van der Waals surface area contributed by atoms with Gasteiger partial charge in [-0.1, -0.05) is 27.5 Å². The highest BCUT2D eigenvalue weighted by atomic mass is 79.9. The molecule has 1 aromatic carbocycles. The molecule has 0 aliphatic rings. The van der Waals surface area contributed by atoms with Crippen molar-refractivity contribution in [2.75, 3.05) is 12.4 Å². The van der Waals surface area contributed by atoms with E-state index in [1.807, 2.05) is 0 Å². The standard InChI is InChI=1S/C9H7BrClFO2/c1-14-8-3-5(12)2-6(11)9(8)7(13)4-10/h2-3H,4H2,1H3. The number of methoxy groups -OCH3 is 1. The minimum Gasteiger partial charge on any atom is -0.496 e. The molecule has 0 N–H and O–H groups in total. The number of hydrogen-bond acceptors (Lipinski definition) is 2. The van der Waals surface area contributed by atoms with Gasteiger partial charge in [-0.25, -0.2) is 4.39 Å². The fourth-order valence-electron chi connectivity index (χ4n) is 1.05. The smallest absolute Gasteiger partial charge is 0.178 e. The summed E-state index contributed by atoms with van der Waals surface area (Å²) in [6.07, 6.45) is 0. The molecule has 0 radical (unpaired) electrons. The van der Waals surface area contributed by atoms with Crippen molar-refractivity contribution in [2.45, 2.75) is 0 Å². The molecule has 0 aromatic heterocycles. The Balaban J connectivity index is 3.32. The van der Waals surface area contributed by atoms with E-state index < -0.39 is 5.82 Å². The second-order valence-electron chi connectivity index (χ2n) is 2.52. The maximum absolute atomic E-state index is 12.9. The lowest BCUT2D eigenvalue weighted by Crippen LogP contribution is -2.04. The molecule has 0 unspecified atom stereocenters. The highest BCUT2D eigenvalue weighted by molar-refractivity contribution is 9.09. The van der Waals surface area contributed by atoms with Crippen LogP contribution in [0.15, 0.2) is 12.1 Å². The zero-order valence-electron chi connectivity index (χ0n) is 7.31. The number of Topliss-reactive ketones (excluding diaryl/α,β-unsaturated/α-hetero) is 1. The van der Waals surface area contributed by atoms with Crippen LogP contribution in [-0.4, -0.2) is 18.2 Å². The van der Waals surface area contributed by atoms with Crippen molar-refractivity contribution in [1.29, 1.82) is 0 Å². The first kappa shape index (κ1) is 11.5. The molecule has 0 spiro atoms. The van der Waals surface area contributed by atoms with E-state index in [0.717, 1.165) is 12.1 Å². The fraction of sp³-hybridized carbons (Fsp3) is 0.222. The van der Waals surface area contributed by atoms with Crippen LogP contribution < -0.4 is 4.74 Å². The van der Waals surface area contributed by atoms with E-state index in [-0.39, 0.29) is 27.4 Å². The van der Waals surface area contributed by atoms with Gasteiger partial charge < -0.3 is 4.74 Å². The molecule has 2 nitrogen and oxygen atoms in total. The first-order valence-corrected chi connectivity index (χ1v) is 5.22. The van der Waals surface area contributed by atoms with Crippen molar-refractivity contribution in [3.8, 4) is 5.75 Å². The van der Waals surface area contributed by atoms with Crippen molar-refractivity contribution >= 4 is 33.3 Å². The van der Waals surface area contributed by atoms with Crippen LogP contribution in [0.5, 0.6) is 5.75 Å². The molecule has 0 amide bonds. The zero-order valence-corrected chi connectivity index (χ0v) is 9.65. The summed E-state index contributed by atoms with van der Waals surface area (Å²) >= 11 is 8.74. The molecule has 0 atom stereocenters. The summed E-state index contributed by atoms with van der Waals surface area (Å²) in [5.74, 6) is -0.621. The van der Waals surface area contributed by atoms with Crippen molar-refractivity contribution in [3.05, 3.63) is 28.5 Å². The number of rotatable bonds is 3. The second kappa shape index (κ2) is 4.75. The van der Waals surface area contributed by atoms with Crippen LogP contribution >= 0.6 is 27.5 Å². The highest BCUT2D eigenvalue weighted by Gasteiger charge is 2.16. The van der Waals surface area contributed by atoms with Crippen molar-refractivity contribution < 1.29 is 13.9 Å². The minimum atomic E-state index is -0.530. The van der Waals surface area contributed by atoms with E-state index in [9.17, 15) is 9.18 Å². The molecule has 0 bridgehead atoms. The summed E-state index contributed by atoms with van der Waals surface area (Å²) in [7, 11) is 1.36. The third kappa shape index (κ3) is 2.25. The highest BCUT2D eigenvalue weighted by Crippen LogP contribution is 2.28. The van der Waals surface area contributed by atoms with Gasteiger partial charge in [-0.05, 0) is 6.07 Å². The Morgan fingerprint density at radius 1 is 1.64 bits per heavy atom. The van der Waals surface area contributed by atoms with Crippen molar-refractivity contribution in [2.24, 2.45) is 0 Å². The van der Waals surface area contributed by atoms with Gasteiger partial charge in [0, 0.05) is 6.07 Å². The first-order chi connectivity index (χ1) is 6.60. The first-order valence-electron chi connectivity index (χ1n) is 3.72. The van der Waals surface area contributed by atoms with E-state index in [0.29, 0.717) is 0 Å². The Morgan fingerprint density at radius 2 is 2.29 bits per heavy atom. The molecular formula is C9H7BrClFO2. The van der Waals surface area contributed by atoms with Gasteiger partial charge in [0.15, 0.2) is 5.78 Å². The van der Waals surface area contributed by atoms with E-state index >= 15 is 0 Å². The lowest BCUT2D eigenvalue weighted by molar-refractivity contribution is 0.102.